The summed E-state index contributed by atoms with van der Waals surface area (Å²) in [4.78, 5) is 13.2. The molecule has 2 aromatic carbocycles. The maximum Gasteiger partial charge on any atom is 0.335 e. The Labute approximate surface area is 141 Å². The summed E-state index contributed by atoms with van der Waals surface area (Å²) in [6.45, 7) is 2.72. The van der Waals surface area contributed by atoms with Crippen LogP contribution in [0.15, 0.2) is 48.5 Å². The normalized spacial score (nSPS) is 17.0. The van der Waals surface area contributed by atoms with Gasteiger partial charge in [0, 0.05) is 37.4 Å². The Balaban J connectivity index is 1.53. The molecule has 2 N–H and O–H groups in total. The van der Waals surface area contributed by atoms with Crippen LogP contribution in [-0.4, -0.2) is 37.3 Å². The minimum atomic E-state index is -0.890. The van der Waals surface area contributed by atoms with E-state index in [1.165, 1.54) is 5.69 Å². The third-order valence-electron chi connectivity index (χ3n) is 4.40. The number of anilines is 1. The van der Waals surface area contributed by atoms with Gasteiger partial charge in [0.1, 0.15) is 5.75 Å². The van der Waals surface area contributed by atoms with Crippen LogP contribution >= 0.6 is 0 Å². The third-order valence-corrected chi connectivity index (χ3v) is 4.40. The summed E-state index contributed by atoms with van der Waals surface area (Å²) in [5.74, 6) is -0.0123. The highest BCUT2D eigenvalue weighted by Gasteiger charge is 2.22. The summed E-state index contributed by atoms with van der Waals surface area (Å²) < 4.78 is 5.29. The molecule has 5 nitrogen and oxygen atoms in total. The van der Waals surface area contributed by atoms with E-state index < -0.39 is 5.97 Å². The number of aromatic carboxylic acids is 1. The van der Waals surface area contributed by atoms with E-state index in [1.54, 1.807) is 19.2 Å². The van der Waals surface area contributed by atoms with Gasteiger partial charge in [0.25, 0.3) is 0 Å². The fourth-order valence-electron chi connectivity index (χ4n) is 3.00. The van der Waals surface area contributed by atoms with Gasteiger partial charge in [0.05, 0.1) is 12.7 Å². The van der Waals surface area contributed by atoms with Crippen LogP contribution in [0.2, 0.25) is 0 Å². The number of nitrogens with zero attached hydrogens (tertiary/aromatic N) is 1. The molecule has 0 aromatic heterocycles. The van der Waals surface area contributed by atoms with Gasteiger partial charge < -0.3 is 20.1 Å². The molecule has 0 bridgehead atoms. The van der Waals surface area contributed by atoms with Gasteiger partial charge in [-0.15, -0.1) is 0 Å². The van der Waals surface area contributed by atoms with E-state index in [2.05, 4.69) is 22.3 Å². The lowest BCUT2D eigenvalue weighted by molar-refractivity contribution is 0.0697. The molecule has 126 valence electrons. The second-order valence-corrected chi connectivity index (χ2v) is 6.02. The lowest BCUT2D eigenvalue weighted by Gasteiger charge is -2.19. The molecule has 1 aliphatic heterocycles. The molecule has 0 saturated carbocycles. The number of hydrogen-bond acceptors (Lipinski definition) is 4. The van der Waals surface area contributed by atoms with E-state index in [0.717, 1.165) is 37.4 Å². The zero-order chi connectivity index (χ0) is 16.9. The zero-order valence-electron chi connectivity index (χ0n) is 13.7. The summed E-state index contributed by atoms with van der Waals surface area (Å²) in [5, 5.41) is 12.5. The summed E-state index contributed by atoms with van der Waals surface area (Å²) in [6, 6.07) is 15.6. The Bertz CT molecular complexity index is 700. The molecule has 1 heterocycles. The average molecular weight is 326 g/mol. The number of hydrogen-bond donors (Lipinski definition) is 2. The second kappa shape index (κ2) is 7.36. The summed E-state index contributed by atoms with van der Waals surface area (Å²) in [7, 11) is 1.68. The smallest absolute Gasteiger partial charge is 0.335 e. The van der Waals surface area contributed by atoms with Crippen molar-refractivity contribution in [2.45, 2.75) is 19.0 Å². The first-order valence-electron chi connectivity index (χ1n) is 8.10. The van der Waals surface area contributed by atoms with Crippen LogP contribution in [0.25, 0.3) is 0 Å². The van der Waals surface area contributed by atoms with E-state index in [-0.39, 0.29) is 0 Å². The van der Waals surface area contributed by atoms with Crippen LogP contribution in [0.5, 0.6) is 5.75 Å². The van der Waals surface area contributed by atoms with Crippen LogP contribution in [-0.2, 0) is 6.54 Å². The van der Waals surface area contributed by atoms with Crippen molar-refractivity contribution in [2.75, 3.05) is 25.1 Å². The first kappa shape index (κ1) is 16.3. The minimum absolute atomic E-state index is 0.323. The molecular weight excluding hydrogens is 304 g/mol. The van der Waals surface area contributed by atoms with Gasteiger partial charge in [-0.2, -0.15) is 0 Å². The molecule has 1 atom stereocenters. The van der Waals surface area contributed by atoms with E-state index in [1.807, 2.05) is 24.3 Å². The quantitative estimate of drug-likeness (QED) is 0.855. The summed E-state index contributed by atoms with van der Waals surface area (Å²) in [6.07, 6.45) is 1.09. The molecule has 5 heteroatoms. The van der Waals surface area contributed by atoms with Gasteiger partial charge in [-0.05, 0) is 36.2 Å². The predicted octanol–water partition coefficient (Wildman–Crippen LogP) is 2.76. The highest BCUT2D eigenvalue weighted by atomic mass is 16.5. The van der Waals surface area contributed by atoms with Crippen LogP contribution in [0.3, 0.4) is 0 Å². The Kier molecular flexibility index (Phi) is 5.01. The Morgan fingerprint density at radius 1 is 1.29 bits per heavy atom. The van der Waals surface area contributed by atoms with Gasteiger partial charge in [0.2, 0.25) is 0 Å². The summed E-state index contributed by atoms with van der Waals surface area (Å²) in [5.41, 5.74) is 2.60. The van der Waals surface area contributed by atoms with E-state index in [9.17, 15) is 4.79 Å². The summed E-state index contributed by atoms with van der Waals surface area (Å²) >= 11 is 0. The number of carboxylic acids is 1. The number of rotatable bonds is 6. The molecule has 0 spiro atoms. The van der Waals surface area contributed by atoms with Gasteiger partial charge in [0.15, 0.2) is 0 Å². The van der Waals surface area contributed by atoms with Gasteiger partial charge in [-0.1, -0.05) is 18.2 Å². The molecule has 24 heavy (non-hydrogen) atoms. The Hall–Kier alpha value is -2.53. The van der Waals surface area contributed by atoms with E-state index in [4.69, 9.17) is 9.84 Å². The largest absolute Gasteiger partial charge is 0.497 e. The maximum atomic E-state index is 10.9. The van der Waals surface area contributed by atoms with Crippen molar-refractivity contribution in [3.8, 4) is 5.75 Å². The highest BCUT2D eigenvalue weighted by molar-refractivity contribution is 5.87. The van der Waals surface area contributed by atoms with Crippen molar-refractivity contribution < 1.29 is 14.6 Å². The number of carboxylic acid groups (broad SMARTS) is 1. The fourth-order valence-corrected chi connectivity index (χ4v) is 3.00. The molecule has 3 rings (SSSR count). The van der Waals surface area contributed by atoms with Crippen LogP contribution in [0.1, 0.15) is 22.3 Å². The van der Waals surface area contributed by atoms with Crippen LogP contribution in [0.4, 0.5) is 5.69 Å². The number of ether oxygens (including phenoxy) is 1. The maximum absolute atomic E-state index is 10.9. The minimum Gasteiger partial charge on any atom is -0.497 e. The molecule has 1 fully saturated rings. The molecule has 1 unspecified atom stereocenters. The number of carbonyl (C=O) groups is 1. The molecule has 0 radical (unpaired) electrons. The lowest BCUT2D eigenvalue weighted by atomic mass is 10.1. The molecular formula is C19H22N2O3. The van der Waals surface area contributed by atoms with Gasteiger partial charge in [-0.25, -0.2) is 4.79 Å². The Morgan fingerprint density at radius 2 is 2.08 bits per heavy atom. The number of nitrogens with one attached hydrogen (secondary N) is 1. The van der Waals surface area contributed by atoms with Crippen molar-refractivity contribution in [3.05, 3.63) is 59.7 Å². The standard InChI is InChI=1S/C19H22N2O3/c1-24-18-4-2-3-17(11-18)21-10-9-16(13-21)20-12-14-5-7-15(8-6-14)19(22)23/h2-8,11,16,20H,9-10,12-13H2,1H3,(H,22,23). The molecule has 1 saturated heterocycles. The lowest BCUT2D eigenvalue weighted by Crippen LogP contribution is -2.32. The molecule has 0 aliphatic carbocycles. The zero-order valence-corrected chi connectivity index (χ0v) is 13.7. The van der Waals surface area contributed by atoms with Crippen molar-refractivity contribution in [2.24, 2.45) is 0 Å². The second-order valence-electron chi connectivity index (χ2n) is 6.02. The van der Waals surface area contributed by atoms with Gasteiger partial charge in [-0.3, -0.25) is 0 Å². The average Bonchev–Trinajstić information content (AvgIpc) is 3.09. The van der Waals surface area contributed by atoms with Crippen molar-refractivity contribution >= 4 is 11.7 Å². The first-order chi connectivity index (χ1) is 11.7. The predicted molar refractivity (Wildman–Crippen MR) is 93.9 cm³/mol. The van der Waals surface area contributed by atoms with Crippen molar-refractivity contribution in [1.82, 2.24) is 5.32 Å². The van der Waals surface area contributed by atoms with E-state index >= 15 is 0 Å². The molecule has 2 aromatic rings. The first-order valence-corrected chi connectivity index (χ1v) is 8.10. The van der Waals surface area contributed by atoms with Crippen molar-refractivity contribution in [1.29, 1.82) is 0 Å². The molecule has 0 amide bonds. The fraction of sp³-hybridized carbons (Fsp3) is 0.316. The number of methoxy groups -OCH3 is 1. The van der Waals surface area contributed by atoms with Crippen molar-refractivity contribution in [3.63, 3.8) is 0 Å². The topological polar surface area (TPSA) is 61.8 Å². The van der Waals surface area contributed by atoms with Crippen LogP contribution < -0.4 is 15.0 Å². The Morgan fingerprint density at radius 3 is 2.79 bits per heavy atom. The third kappa shape index (κ3) is 3.86. The number of benzene rings is 2. The SMILES string of the molecule is COc1cccc(N2CCC(NCc3ccc(C(=O)O)cc3)C2)c1. The van der Waals surface area contributed by atoms with E-state index in [0.29, 0.717) is 11.6 Å². The monoisotopic (exact) mass is 326 g/mol. The highest BCUT2D eigenvalue weighted by Crippen LogP contribution is 2.24. The molecule has 1 aliphatic rings. The van der Waals surface area contributed by atoms with Gasteiger partial charge >= 0.3 is 5.97 Å². The van der Waals surface area contributed by atoms with Crippen LogP contribution in [0, 0.1) is 0 Å².